The van der Waals surface area contributed by atoms with Crippen molar-refractivity contribution in [1.82, 2.24) is 9.62 Å². The molecule has 134 valence electrons. The molecule has 2 rings (SSSR count). The lowest BCUT2D eigenvalue weighted by molar-refractivity contribution is 0.0949. The summed E-state index contributed by atoms with van der Waals surface area (Å²) in [7, 11) is -3.06. The average Bonchev–Trinajstić information content (AvgIpc) is 2.53. The normalized spacial score (nSPS) is 17.2. The number of hydrogen-bond donors (Lipinski definition) is 1. The van der Waals surface area contributed by atoms with Gasteiger partial charge in [-0.3, -0.25) is 4.79 Å². The van der Waals surface area contributed by atoms with Gasteiger partial charge in [-0.25, -0.2) is 12.7 Å². The molecule has 0 saturated carbocycles. The molecule has 1 N–H and O–H groups in total. The van der Waals surface area contributed by atoms with Crippen LogP contribution in [0.1, 0.15) is 42.6 Å². The number of nitrogens with one attached hydrogen (secondary N) is 1. The minimum atomic E-state index is -3.06. The fourth-order valence-corrected chi connectivity index (χ4v) is 3.84. The molecular formula is C18H28N2O3S. The topological polar surface area (TPSA) is 66.5 Å². The quantitative estimate of drug-likeness (QED) is 0.854. The third-order valence-electron chi connectivity index (χ3n) is 4.45. The number of rotatable bonds is 6. The molecular weight excluding hydrogens is 324 g/mol. The Hall–Kier alpha value is -1.40. The molecule has 0 spiro atoms. The number of sulfonamides is 1. The Bertz CT molecular complexity index is 645. The van der Waals surface area contributed by atoms with Crippen molar-refractivity contribution in [3.05, 3.63) is 35.4 Å². The van der Waals surface area contributed by atoms with Gasteiger partial charge in [0, 0.05) is 25.2 Å². The monoisotopic (exact) mass is 352 g/mol. The summed E-state index contributed by atoms with van der Waals surface area (Å²) in [6, 6.07) is 7.76. The fourth-order valence-electron chi connectivity index (χ4n) is 2.97. The zero-order valence-corrected chi connectivity index (χ0v) is 15.6. The summed E-state index contributed by atoms with van der Waals surface area (Å²) in [6.45, 7) is 6.04. The number of carbonyl (C=O) groups excluding carboxylic acids is 1. The van der Waals surface area contributed by atoms with Gasteiger partial charge in [0.25, 0.3) is 5.91 Å². The van der Waals surface area contributed by atoms with E-state index in [-0.39, 0.29) is 5.91 Å². The minimum absolute atomic E-state index is 0.0308. The molecule has 1 saturated heterocycles. The second-order valence-electron chi connectivity index (χ2n) is 7.11. The predicted octanol–water partition coefficient (Wildman–Crippen LogP) is 2.29. The molecule has 1 aromatic rings. The van der Waals surface area contributed by atoms with Crippen molar-refractivity contribution in [1.29, 1.82) is 0 Å². The molecule has 1 aliphatic rings. The lowest BCUT2D eigenvalue weighted by atomic mass is 9.91. The van der Waals surface area contributed by atoms with Crippen LogP contribution >= 0.6 is 0 Å². The van der Waals surface area contributed by atoms with Crippen LogP contribution in [0.15, 0.2) is 24.3 Å². The number of amides is 1. The van der Waals surface area contributed by atoms with Gasteiger partial charge in [-0.15, -0.1) is 0 Å². The summed E-state index contributed by atoms with van der Waals surface area (Å²) in [5.74, 6) is 0.909. The highest BCUT2D eigenvalue weighted by atomic mass is 32.2. The van der Waals surface area contributed by atoms with Crippen LogP contribution in [0.5, 0.6) is 0 Å². The summed E-state index contributed by atoms with van der Waals surface area (Å²) in [4.78, 5) is 12.0. The summed E-state index contributed by atoms with van der Waals surface area (Å²) in [6.07, 6.45) is 4.00. The van der Waals surface area contributed by atoms with Crippen molar-refractivity contribution in [2.45, 2.75) is 33.1 Å². The molecule has 1 aromatic carbocycles. The van der Waals surface area contributed by atoms with Gasteiger partial charge in [-0.05, 0) is 48.8 Å². The lowest BCUT2D eigenvalue weighted by Crippen LogP contribution is -2.38. The van der Waals surface area contributed by atoms with Crippen LogP contribution in [0.25, 0.3) is 0 Å². The first-order valence-corrected chi connectivity index (χ1v) is 10.4. The van der Waals surface area contributed by atoms with Crippen molar-refractivity contribution in [3.8, 4) is 0 Å². The second-order valence-corrected chi connectivity index (χ2v) is 9.09. The first-order chi connectivity index (χ1) is 11.3. The number of hydrogen-bond acceptors (Lipinski definition) is 3. The third kappa shape index (κ3) is 5.60. The van der Waals surface area contributed by atoms with Gasteiger partial charge in [0.05, 0.1) is 6.26 Å². The molecule has 1 heterocycles. The molecule has 0 atom stereocenters. The van der Waals surface area contributed by atoms with Crippen molar-refractivity contribution >= 4 is 15.9 Å². The van der Waals surface area contributed by atoms with Gasteiger partial charge in [0.15, 0.2) is 0 Å². The molecule has 5 nitrogen and oxygen atoms in total. The first kappa shape index (κ1) is 18.9. The Morgan fingerprint density at radius 1 is 1.21 bits per heavy atom. The number of nitrogens with zero attached hydrogens (tertiary/aromatic N) is 1. The number of benzene rings is 1. The highest BCUT2D eigenvalue weighted by Crippen LogP contribution is 2.23. The van der Waals surface area contributed by atoms with Crippen LogP contribution in [-0.2, 0) is 16.4 Å². The van der Waals surface area contributed by atoms with Crippen LogP contribution in [-0.4, -0.2) is 44.5 Å². The van der Waals surface area contributed by atoms with E-state index < -0.39 is 10.0 Å². The molecule has 0 bridgehead atoms. The van der Waals surface area contributed by atoms with Crippen LogP contribution in [0.2, 0.25) is 0 Å². The van der Waals surface area contributed by atoms with Crippen LogP contribution in [0.4, 0.5) is 0 Å². The van der Waals surface area contributed by atoms with Gasteiger partial charge >= 0.3 is 0 Å². The molecule has 0 radical (unpaired) electrons. The first-order valence-electron chi connectivity index (χ1n) is 8.58. The Balaban J connectivity index is 1.85. The summed E-state index contributed by atoms with van der Waals surface area (Å²) >= 11 is 0. The fraction of sp³-hybridized carbons (Fsp3) is 0.611. The number of piperidine rings is 1. The van der Waals surface area contributed by atoms with E-state index in [0.717, 1.165) is 19.3 Å². The zero-order chi connectivity index (χ0) is 17.7. The molecule has 0 aliphatic carbocycles. The maximum absolute atomic E-state index is 12.0. The van der Waals surface area contributed by atoms with E-state index in [9.17, 15) is 13.2 Å². The van der Waals surface area contributed by atoms with E-state index in [1.54, 1.807) is 4.31 Å². The van der Waals surface area contributed by atoms with Gasteiger partial charge in [-0.2, -0.15) is 0 Å². The Morgan fingerprint density at radius 2 is 1.79 bits per heavy atom. The maximum atomic E-state index is 12.0. The average molecular weight is 353 g/mol. The molecule has 0 aromatic heterocycles. The van der Waals surface area contributed by atoms with Crippen LogP contribution in [0.3, 0.4) is 0 Å². The molecule has 1 aliphatic heterocycles. The molecule has 1 amide bonds. The van der Waals surface area contributed by atoms with E-state index in [0.29, 0.717) is 37.0 Å². The Labute approximate surface area is 145 Å². The van der Waals surface area contributed by atoms with Crippen molar-refractivity contribution in [2.75, 3.05) is 25.9 Å². The summed E-state index contributed by atoms with van der Waals surface area (Å²) < 4.78 is 24.6. The predicted molar refractivity (Wildman–Crippen MR) is 96.5 cm³/mol. The van der Waals surface area contributed by atoms with Crippen molar-refractivity contribution in [3.63, 3.8) is 0 Å². The smallest absolute Gasteiger partial charge is 0.251 e. The van der Waals surface area contributed by atoms with Crippen molar-refractivity contribution < 1.29 is 13.2 Å². The van der Waals surface area contributed by atoms with Gasteiger partial charge in [0.2, 0.25) is 10.0 Å². The molecule has 1 fully saturated rings. The van der Waals surface area contributed by atoms with Crippen LogP contribution in [0, 0.1) is 11.8 Å². The SMILES string of the molecule is CC(C)CNC(=O)c1ccc(CC2CCN(S(C)(=O)=O)CC2)cc1. The van der Waals surface area contributed by atoms with Crippen LogP contribution < -0.4 is 5.32 Å². The van der Waals surface area contributed by atoms with E-state index in [4.69, 9.17) is 0 Å². The lowest BCUT2D eigenvalue weighted by Gasteiger charge is -2.30. The minimum Gasteiger partial charge on any atom is -0.352 e. The Kier molecular flexibility index (Phi) is 6.40. The zero-order valence-electron chi connectivity index (χ0n) is 14.8. The highest BCUT2D eigenvalue weighted by molar-refractivity contribution is 7.88. The molecule has 6 heteroatoms. The van der Waals surface area contributed by atoms with E-state index >= 15 is 0 Å². The third-order valence-corrected chi connectivity index (χ3v) is 5.76. The van der Waals surface area contributed by atoms with Gasteiger partial charge in [-0.1, -0.05) is 26.0 Å². The van der Waals surface area contributed by atoms with E-state index in [2.05, 4.69) is 19.2 Å². The van der Waals surface area contributed by atoms with Crippen molar-refractivity contribution in [2.24, 2.45) is 11.8 Å². The Morgan fingerprint density at radius 3 is 2.29 bits per heavy atom. The second kappa shape index (κ2) is 8.12. The maximum Gasteiger partial charge on any atom is 0.251 e. The summed E-state index contributed by atoms with van der Waals surface area (Å²) in [5.41, 5.74) is 1.89. The summed E-state index contributed by atoms with van der Waals surface area (Å²) in [5, 5.41) is 2.92. The molecule has 0 unspecified atom stereocenters. The van der Waals surface area contributed by atoms with E-state index in [1.165, 1.54) is 11.8 Å². The van der Waals surface area contributed by atoms with Gasteiger partial charge < -0.3 is 5.32 Å². The van der Waals surface area contributed by atoms with E-state index in [1.807, 2.05) is 24.3 Å². The number of carbonyl (C=O) groups is 1. The largest absolute Gasteiger partial charge is 0.352 e. The molecule has 24 heavy (non-hydrogen) atoms. The highest BCUT2D eigenvalue weighted by Gasteiger charge is 2.24. The van der Waals surface area contributed by atoms with Gasteiger partial charge in [0.1, 0.15) is 0 Å². The standard InChI is InChI=1S/C18H28N2O3S/c1-14(2)13-19-18(21)17-6-4-15(5-7-17)12-16-8-10-20(11-9-16)24(3,22)23/h4-7,14,16H,8-13H2,1-3H3,(H,19,21).